The van der Waals surface area contributed by atoms with E-state index in [2.05, 4.69) is 23.6 Å². The van der Waals surface area contributed by atoms with Crippen molar-refractivity contribution in [2.75, 3.05) is 84.9 Å². The van der Waals surface area contributed by atoms with Crippen LogP contribution < -0.4 is 9.47 Å². The first-order valence-electron chi connectivity index (χ1n) is 21.2. The molecule has 2 aliphatic carbocycles. The monoisotopic (exact) mass is 839 g/mol. The van der Waals surface area contributed by atoms with Gasteiger partial charge in [-0.2, -0.15) is 0 Å². The van der Waals surface area contributed by atoms with Crippen LogP contribution in [-0.2, 0) is 25.7 Å². The summed E-state index contributed by atoms with van der Waals surface area (Å²) in [5.74, 6) is -0.519. The van der Waals surface area contributed by atoms with Gasteiger partial charge < -0.3 is 43.8 Å². The zero-order valence-electron chi connectivity index (χ0n) is 34.1. The summed E-state index contributed by atoms with van der Waals surface area (Å²) in [4.78, 5) is 24.3. The molecule has 6 atom stereocenters. The highest BCUT2D eigenvalue weighted by molar-refractivity contribution is 6.18. The normalized spacial score (nSPS) is 25.0. The number of amides is 1. The number of unbranched alkanes of at least 4 members (excludes halogenated alkanes) is 2. The van der Waals surface area contributed by atoms with Crippen LogP contribution in [0.4, 0.5) is 4.79 Å². The molecule has 0 spiro atoms. The highest BCUT2D eigenvalue weighted by Gasteiger charge is 2.65. The van der Waals surface area contributed by atoms with Crippen molar-refractivity contribution in [3.8, 4) is 11.5 Å². The van der Waals surface area contributed by atoms with E-state index in [1.807, 2.05) is 42.5 Å². The molecule has 1 amide bonds. The van der Waals surface area contributed by atoms with Crippen LogP contribution in [0.3, 0.4) is 0 Å². The molecule has 324 valence electrons. The van der Waals surface area contributed by atoms with Gasteiger partial charge in [-0.25, -0.2) is 4.79 Å². The average molecular weight is 840 g/mol. The van der Waals surface area contributed by atoms with Gasteiger partial charge in [-0.3, -0.25) is 9.80 Å². The van der Waals surface area contributed by atoms with Gasteiger partial charge in [0.2, 0.25) is 5.79 Å². The van der Waals surface area contributed by atoms with Gasteiger partial charge in [-0.05, 0) is 66.9 Å². The van der Waals surface area contributed by atoms with E-state index in [9.17, 15) is 20.1 Å². The third kappa shape index (κ3) is 11.4. The third-order valence-electron chi connectivity index (χ3n) is 11.7. The molecule has 6 rings (SSSR count). The van der Waals surface area contributed by atoms with Crippen LogP contribution in [0.5, 0.6) is 11.5 Å². The fraction of sp³-hybridized carbons (Fsp3) is 0.600. The number of rotatable bonds is 26. The number of carbonyl (C=O) groups is 1. The Labute approximate surface area is 353 Å². The van der Waals surface area contributed by atoms with Crippen molar-refractivity contribution in [1.82, 2.24) is 9.80 Å². The molecule has 4 aliphatic rings. The number of hydrogen-bond donors (Lipinski definition) is 3. The summed E-state index contributed by atoms with van der Waals surface area (Å²) >= 11 is 6.04. The number of oxime groups is 1. The maximum absolute atomic E-state index is 14.2. The largest absolute Gasteiger partial charge is 0.492 e. The molecule has 13 nitrogen and oxygen atoms in total. The maximum Gasteiger partial charge on any atom is 0.410 e. The van der Waals surface area contributed by atoms with Crippen molar-refractivity contribution in [3.05, 3.63) is 84.0 Å². The van der Waals surface area contributed by atoms with E-state index in [0.717, 1.165) is 67.8 Å². The minimum absolute atomic E-state index is 0.00730. The topological polar surface area (TPSA) is 152 Å². The molecule has 14 heteroatoms. The number of nitrogens with zero attached hydrogens (tertiary/aromatic N) is 3. The van der Waals surface area contributed by atoms with Gasteiger partial charge in [0.05, 0.1) is 43.9 Å². The first-order valence-corrected chi connectivity index (χ1v) is 21.8. The molecule has 0 aromatic heterocycles. The minimum Gasteiger partial charge on any atom is -0.492 e. The summed E-state index contributed by atoms with van der Waals surface area (Å²) in [5.41, 5.74) is 3.54. The molecular weight excluding hydrogens is 778 g/mol. The predicted octanol–water partition coefficient (Wildman–Crippen LogP) is 5.90. The number of hydrogen-bond acceptors (Lipinski definition) is 12. The number of halogens is 1. The molecule has 59 heavy (non-hydrogen) atoms. The van der Waals surface area contributed by atoms with E-state index >= 15 is 0 Å². The van der Waals surface area contributed by atoms with Crippen molar-refractivity contribution >= 4 is 23.4 Å². The molecule has 2 aromatic carbocycles. The Morgan fingerprint density at radius 3 is 2.53 bits per heavy atom. The molecule has 2 heterocycles. The van der Waals surface area contributed by atoms with Crippen LogP contribution in [0.25, 0.3) is 0 Å². The van der Waals surface area contributed by atoms with E-state index in [4.69, 9.17) is 45.3 Å². The molecule has 1 saturated carbocycles. The van der Waals surface area contributed by atoms with Crippen molar-refractivity contribution in [2.45, 2.75) is 69.3 Å². The number of aliphatic hydroxyl groups is 3. The van der Waals surface area contributed by atoms with Crippen LogP contribution in [0.1, 0.15) is 62.0 Å². The standard InChI is InChI=1S/C45H62ClN3O10/c1-2-24-57-45-41(49(20-26-54-28-23-52)44(53)56-25-16-46)31-39(47-58-32-33-10-4-3-5-11-33)37-29-34(12-6-8-21-50)36(13-7-9-22-51)42(43(37)45)38-30-35(14-15-40(38)59-45)55-27-19-48-17-18-48/h2-5,10-11,14-15,29-30,34,36,41-43,50-52H,1,6-9,12-13,16-28,31-32H2/t34-,36+,41-,42+,43+,45+/m0/s1. The van der Waals surface area contributed by atoms with Crippen molar-refractivity contribution in [2.24, 2.45) is 22.9 Å². The van der Waals surface area contributed by atoms with Crippen molar-refractivity contribution < 1.29 is 48.6 Å². The molecule has 3 N–H and O–H groups in total. The zero-order chi connectivity index (χ0) is 41.5. The summed E-state index contributed by atoms with van der Waals surface area (Å²) in [6.07, 6.45) is 8.19. The molecule has 1 saturated heterocycles. The van der Waals surface area contributed by atoms with Gasteiger partial charge in [0.1, 0.15) is 37.4 Å². The summed E-state index contributed by atoms with van der Waals surface area (Å²) in [5, 5.41) is 34.2. The van der Waals surface area contributed by atoms with Crippen LogP contribution in [0.2, 0.25) is 0 Å². The molecule has 0 unspecified atom stereocenters. The Kier molecular flexibility index (Phi) is 17.3. The Hall–Kier alpha value is -3.69. The SMILES string of the molecule is C=CCO[C@@]12Oc3ccc(OCCN4CC4)cc3[C@H]3[C@H](CCCCO)[C@@H](CCCCO)C=C(C(=NOCc4ccccc4)C[C@@H]1N(CCOCCO)C(=O)OCCCl)[C@H]32. The van der Waals surface area contributed by atoms with Gasteiger partial charge >= 0.3 is 6.09 Å². The maximum atomic E-state index is 14.2. The number of alkyl halides is 1. The van der Waals surface area contributed by atoms with E-state index in [0.29, 0.717) is 30.9 Å². The van der Waals surface area contributed by atoms with Crippen LogP contribution >= 0.6 is 11.6 Å². The second-order valence-corrected chi connectivity index (χ2v) is 15.9. The highest BCUT2D eigenvalue weighted by Crippen LogP contribution is 2.62. The molecule has 2 aromatic rings. The number of benzene rings is 2. The Morgan fingerprint density at radius 1 is 1.00 bits per heavy atom. The second-order valence-electron chi connectivity index (χ2n) is 15.6. The van der Waals surface area contributed by atoms with Gasteiger partial charge in [0, 0.05) is 57.3 Å². The first-order chi connectivity index (χ1) is 29.0. The summed E-state index contributed by atoms with van der Waals surface area (Å²) in [6.45, 7) is 8.30. The molecule has 0 radical (unpaired) electrons. The third-order valence-corrected chi connectivity index (χ3v) is 11.9. The minimum atomic E-state index is -1.46. The summed E-state index contributed by atoms with van der Waals surface area (Å²) in [6, 6.07) is 15.0. The fourth-order valence-corrected chi connectivity index (χ4v) is 9.07. The Balaban J connectivity index is 1.54. The Bertz CT molecular complexity index is 1690. The molecular formula is C45H62ClN3O10. The fourth-order valence-electron chi connectivity index (χ4n) is 9.00. The number of fused-ring (bicyclic) bond motifs is 2. The predicted molar refractivity (Wildman–Crippen MR) is 225 cm³/mol. The lowest BCUT2D eigenvalue weighted by Crippen LogP contribution is -2.70. The van der Waals surface area contributed by atoms with Crippen LogP contribution in [0, 0.1) is 17.8 Å². The smallest absolute Gasteiger partial charge is 0.410 e. The average Bonchev–Trinajstić information content (AvgIpc) is 4.09. The van der Waals surface area contributed by atoms with Crippen LogP contribution in [-0.4, -0.2) is 134 Å². The number of allylic oxidation sites excluding steroid dienone is 1. The van der Waals surface area contributed by atoms with E-state index in [1.54, 1.807) is 11.0 Å². The van der Waals surface area contributed by atoms with Gasteiger partial charge in [-0.15, -0.1) is 18.2 Å². The highest BCUT2D eigenvalue weighted by atomic mass is 35.5. The van der Waals surface area contributed by atoms with Crippen molar-refractivity contribution in [1.29, 1.82) is 0 Å². The number of aliphatic hydroxyl groups excluding tert-OH is 3. The van der Waals surface area contributed by atoms with Crippen molar-refractivity contribution in [3.63, 3.8) is 0 Å². The van der Waals surface area contributed by atoms with Gasteiger partial charge in [-0.1, -0.05) is 60.5 Å². The quantitative estimate of drug-likeness (QED) is 0.0342. The molecule has 2 fully saturated rings. The molecule has 0 bridgehead atoms. The van der Waals surface area contributed by atoms with Crippen LogP contribution in [0.15, 0.2) is 78.0 Å². The lowest BCUT2D eigenvalue weighted by Gasteiger charge is -2.59. The van der Waals surface area contributed by atoms with E-state index < -0.39 is 23.8 Å². The van der Waals surface area contributed by atoms with E-state index in [1.165, 1.54) is 0 Å². The zero-order valence-corrected chi connectivity index (χ0v) is 34.9. The summed E-state index contributed by atoms with van der Waals surface area (Å²) in [7, 11) is 0. The summed E-state index contributed by atoms with van der Waals surface area (Å²) < 4.78 is 32.1. The lowest BCUT2D eigenvalue weighted by molar-refractivity contribution is -0.256. The number of ether oxygens (including phenoxy) is 5. The second kappa shape index (κ2) is 22.8. The van der Waals surface area contributed by atoms with Gasteiger partial charge in [0.25, 0.3) is 0 Å². The Morgan fingerprint density at radius 2 is 1.80 bits per heavy atom. The first kappa shape index (κ1) is 44.9. The molecule has 2 aliphatic heterocycles. The lowest BCUT2D eigenvalue weighted by atomic mass is 9.55. The number of carbonyl (C=O) groups excluding carboxylic acids is 1. The van der Waals surface area contributed by atoms with Gasteiger partial charge in [0.15, 0.2) is 0 Å². The van der Waals surface area contributed by atoms with E-state index in [-0.39, 0.29) is 89.5 Å².